The Hall–Kier alpha value is -1.59. The minimum atomic E-state index is -0.445. The number of halogens is 2. The van der Waals surface area contributed by atoms with E-state index in [1.54, 1.807) is 6.92 Å². The Morgan fingerprint density at radius 2 is 2.04 bits per heavy atom. The molecule has 0 bridgehead atoms. The molecule has 0 aromatic carbocycles. The van der Waals surface area contributed by atoms with Crippen LogP contribution in [-0.4, -0.2) is 22.9 Å². The van der Waals surface area contributed by atoms with Crippen LogP contribution in [0.4, 0.5) is 0 Å². The van der Waals surface area contributed by atoms with E-state index >= 15 is 0 Å². The van der Waals surface area contributed by atoms with E-state index in [0.717, 1.165) is 15.3 Å². The second-order valence-electron chi connectivity index (χ2n) is 4.67. The zero-order chi connectivity index (χ0) is 17.9. The zero-order valence-corrected chi connectivity index (χ0v) is 16.1. The van der Waals surface area contributed by atoms with Crippen molar-refractivity contribution >= 4 is 57.9 Å². The lowest BCUT2D eigenvalue weighted by molar-refractivity contribution is 0.0954. The van der Waals surface area contributed by atoms with Gasteiger partial charge in [0, 0.05) is 11.1 Å². The number of nitriles is 1. The molecule has 24 heavy (non-hydrogen) atoms. The number of nitrogens with zero attached hydrogens (tertiary/aromatic N) is 3. The van der Waals surface area contributed by atoms with Crippen LogP contribution >= 0.6 is 46.3 Å². The molecule has 5 nitrogen and oxygen atoms in total. The summed E-state index contributed by atoms with van der Waals surface area (Å²) in [5.74, 6) is -0.445. The maximum absolute atomic E-state index is 12.2. The summed E-state index contributed by atoms with van der Waals surface area (Å²) in [6.45, 7) is 3.65. The highest BCUT2D eigenvalue weighted by Gasteiger charge is 2.17. The molecule has 0 fully saturated rings. The predicted molar refractivity (Wildman–Crippen MR) is 99.5 cm³/mol. The van der Waals surface area contributed by atoms with Gasteiger partial charge < -0.3 is 0 Å². The third-order valence-electron chi connectivity index (χ3n) is 3.11. The number of hydrazone groups is 1. The first-order chi connectivity index (χ1) is 11.4. The summed E-state index contributed by atoms with van der Waals surface area (Å²) in [5, 5.41) is 13.6. The van der Waals surface area contributed by atoms with Crippen LogP contribution < -0.4 is 5.43 Å². The van der Waals surface area contributed by atoms with Crippen molar-refractivity contribution in [3.63, 3.8) is 0 Å². The Bertz CT molecular complexity index is 851. The van der Waals surface area contributed by atoms with Crippen LogP contribution in [0.2, 0.25) is 10.3 Å². The van der Waals surface area contributed by atoms with Crippen LogP contribution in [0.3, 0.4) is 0 Å². The first kappa shape index (κ1) is 18.7. The third-order valence-corrected chi connectivity index (χ3v) is 5.82. The molecule has 1 amide bonds. The van der Waals surface area contributed by atoms with Crippen molar-refractivity contribution in [3.05, 3.63) is 44.0 Å². The van der Waals surface area contributed by atoms with E-state index in [2.05, 4.69) is 21.6 Å². The highest BCUT2D eigenvalue weighted by Crippen LogP contribution is 2.34. The fraction of sp³-hybridized carbons (Fsp3) is 0.200. The van der Waals surface area contributed by atoms with Gasteiger partial charge in [-0.3, -0.25) is 4.79 Å². The summed E-state index contributed by atoms with van der Waals surface area (Å²) in [5.41, 5.74) is 5.09. The number of nitrogens with one attached hydrogen (secondary N) is 1. The number of rotatable bonds is 4. The summed E-state index contributed by atoms with van der Waals surface area (Å²) >= 11 is 14.5. The van der Waals surface area contributed by atoms with Gasteiger partial charge in [0.1, 0.15) is 21.3 Å². The molecule has 1 N–H and O–H groups in total. The molecule has 0 aliphatic rings. The summed E-state index contributed by atoms with van der Waals surface area (Å²) < 4.78 is 0.981. The molecule has 2 rings (SSSR count). The average molecular weight is 399 g/mol. The van der Waals surface area contributed by atoms with Gasteiger partial charge >= 0.3 is 0 Å². The lowest BCUT2D eigenvalue weighted by Gasteiger charge is -2.05. The van der Waals surface area contributed by atoms with E-state index < -0.39 is 5.91 Å². The Kier molecular flexibility index (Phi) is 6.24. The second-order valence-corrected chi connectivity index (χ2v) is 7.54. The normalized spacial score (nSPS) is 11.2. The van der Waals surface area contributed by atoms with Gasteiger partial charge in [-0.25, -0.2) is 10.4 Å². The SMILES string of the molecule is CSc1sc(C#N)c(C)c1/C(C)=N/NC(=O)c1cc(Cl)nc(Cl)c1. The smallest absolute Gasteiger partial charge is 0.267 e. The molecule has 0 radical (unpaired) electrons. The predicted octanol–water partition coefficient (Wildman–Crippen LogP) is 4.51. The maximum atomic E-state index is 12.2. The number of aromatic nitrogens is 1. The molecule has 9 heteroatoms. The van der Waals surface area contributed by atoms with Gasteiger partial charge in [-0.15, -0.1) is 23.1 Å². The van der Waals surface area contributed by atoms with E-state index in [0.29, 0.717) is 10.6 Å². The lowest BCUT2D eigenvalue weighted by atomic mass is 10.1. The Morgan fingerprint density at radius 3 is 2.58 bits per heavy atom. The van der Waals surface area contributed by atoms with Crippen molar-refractivity contribution in [1.82, 2.24) is 10.4 Å². The Labute approximate surface area is 157 Å². The standard InChI is InChI=1S/C15H12Cl2N4OS2/c1-7-10(6-18)24-15(23-3)13(7)8(2)20-21-14(22)9-4-11(16)19-12(17)5-9/h4-5H,1-3H3,(H,21,22)/b20-8+. The summed E-state index contributed by atoms with van der Waals surface area (Å²) in [7, 11) is 0. The number of thioether (sulfide) groups is 1. The van der Waals surface area contributed by atoms with Crippen molar-refractivity contribution in [2.75, 3.05) is 6.26 Å². The van der Waals surface area contributed by atoms with Crippen LogP contribution in [0.1, 0.15) is 33.3 Å². The Morgan fingerprint density at radius 1 is 1.42 bits per heavy atom. The zero-order valence-electron chi connectivity index (χ0n) is 13.0. The van der Waals surface area contributed by atoms with Gasteiger partial charge in [0.15, 0.2) is 0 Å². The van der Waals surface area contributed by atoms with Gasteiger partial charge in [-0.1, -0.05) is 23.2 Å². The topological polar surface area (TPSA) is 78.1 Å². The molecule has 0 saturated carbocycles. The highest BCUT2D eigenvalue weighted by molar-refractivity contribution is 8.00. The molecule has 124 valence electrons. The minimum Gasteiger partial charge on any atom is -0.267 e. The van der Waals surface area contributed by atoms with Crippen molar-refractivity contribution in [3.8, 4) is 6.07 Å². The molecule has 0 unspecified atom stereocenters. The van der Waals surface area contributed by atoms with Gasteiger partial charge in [-0.2, -0.15) is 10.4 Å². The molecule has 0 saturated heterocycles. The molecule has 0 spiro atoms. The second kappa shape index (κ2) is 7.99. The first-order valence-corrected chi connectivity index (χ1v) is 9.42. The largest absolute Gasteiger partial charge is 0.271 e. The monoisotopic (exact) mass is 398 g/mol. The minimum absolute atomic E-state index is 0.130. The molecular weight excluding hydrogens is 387 g/mol. The van der Waals surface area contributed by atoms with Crippen LogP contribution in [0.25, 0.3) is 0 Å². The molecule has 0 atom stereocenters. The van der Waals surface area contributed by atoms with E-state index in [4.69, 9.17) is 28.5 Å². The number of carbonyl (C=O) groups is 1. The molecular formula is C15H12Cl2N4OS2. The van der Waals surface area contributed by atoms with E-state index in [9.17, 15) is 4.79 Å². The van der Waals surface area contributed by atoms with E-state index in [-0.39, 0.29) is 15.9 Å². The summed E-state index contributed by atoms with van der Waals surface area (Å²) in [4.78, 5) is 16.6. The number of hydrogen-bond acceptors (Lipinski definition) is 6. The third kappa shape index (κ3) is 4.08. The van der Waals surface area contributed by atoms with E-state index in [1.807, 2.05) is 13.2 Å². The van der Waals surface area contributed by atoms with Crippen molar-refractivity contribution < 1.29 is 4.79 Å². The van der Waals surface area contributed by atoms with Crippen LogP contribution in [-0.2, 0) is 0 Å². The number of hydrogen-bond donors (Lipinski definition) is 1. The lowest BCUT2D eigenvalue weighted by Crippen LogP contribution is -2.19. The van der Waals surface area contributed by atoms with Crippen molar-refractivity contribution in [1.29, 1.82) is 5.26 Å². The van der Waals surface area contributed by atoms with Gasteiger partial charge in [0.05, 0.1) is 9.92 Å². The maximum Gasteiger partial charge on any atom is 0.271 e. The first-order valence-electron chi connectivity index (χ1n) is 6.63. The quantitative estimate of drug-likeness (QED) is 0.355. The molecule has 2 aromatic heterocycles. The average Bonchev–Trinajstić information content (AvgIpc) is 2.87. The molecule has 0 aliphatic carbocycles. The highest BCUT2D eigenvalue weighted by atomic mass is 35.5. The number of thiophene rings is 1. The molecule has 2 heterocycles. The van der Waals surface area contributed by atoms with Crippen LogP contribution in [0.5, 0.6) is 0 Å². The number of pyridine rings is 1. The molecule has 0 aliphatic heterocycles. The van der Waals surface area contributed by atoms with Crippen molar-refractivity contribution in [2.45, 2.75) is 18.1 Å². The van der Waals surface area contributed by atoms with Gasteiger partial charge in [-0.05, 0) is 37.8 Å². The van der Waals surface area contributed by atoms with Crippen LogP contribution in [0.15, 0.2) is 21.4 Å². The van der Waals surface area contributed by atoms with Gasteiger partial charge in [0.25, 0.3) is 5.91 Å². The number of amides is 1. The number of carbonyl (C=O) groups excluding carboxylic acids is 1. The molecule has 2 aromatic rings. The summed E-state index contributed by atoms with van der Waals surface area (Å²) in [6, 6.07) is 4.99. The summed E-state index contributed by atoms with van der Waals surface area (Å²) in [6.07, 6.45) is 1.93. The van der Waals surface area contributed by atoms with Crippen LogP contribution in [0, 0.1) is 18.3 Å². The fourth-order valence-electron chi connectivity index (χ4n) is 2.01. The van der Waals surface area contributed by atoms with E-state index in [1.165, 1.54) is 35.2 Å². The van der Waals surface area contributed by atoms with Gasteiger partial charge in [0.2, 0.25) is 0 Å². The Balaban J connectivity index is 2.28. The van der Waals surface area contributed by atoms with Crippen molar-refractivity contribution in [2.24, 2.45) is 5.10 Å². The fourth-order valence-corrected chi connectivity index (χ4v) is 4.45.